The van der Waals surface area contributed by atoms with Crippen LogP contribution >= 0.6 is 11.8 Å². The second-order valence-corrected chi connectivity index (χ2v) is 7.62. The van der Waals surface area contributed by atoms with Crippen LogP contribution in [0.25, 0.3) is 11.4 Å². The summed E-state index contributed by atoms with van der Waals surface area (Å²) in [5.41, 5.74) is 3.87. The topological polar surface area (TPSA) is 60.7 Å². The van der Waals surface area contributed by atoms with Crippen LogP contribution in [0.3, 0.4) is 0 Å². The first-order valence-electron chi connectivity index (χ1n) is 8.72. The zero-order valence-corrected chi connectivity index (χ0v) is 15.7. The van der Waals surface area contributed by atoms with E-state index in [1.165, 1.54) is 11.8 Å². The van der Waals surface area contributed by atoms with Crippen LogP contribution in [0.15, 0.2) is 47.9 Å². The van der Waals surface area contributed by atoms with Gasteiger partial charge in [0.2, 0.25) is 0 Å². The molecule has 1 aliphatic carbocycles. The van der Waals surface area contributed by atoms with Crippen molar-refractivity contribution in [2.24, 2.45) is 0 Å². The molecule has 5 nitrogen and oxygen atoms in total. The van der Waals surface area contributed by atoms with Gasteiger partial charge in [0.05, 0.1) is 5.75 Å². The summed E-state index contributed by atoms with van der Waals surface area (Å²) in [4.78, 5) is 16.9. The summed E-state index contributed by atoms with van der Waals surface area (Å²) in [5.74, 6) is 1.33. The van der Waals surface area contributed by atoms with Crippen LogP contribution in [0.5, 0.6) is 0 Å². The Hall–Kier alpha value is -2.47. The maximum atomic E-state index is 12.7. The molecule has 0 amide bonds. The fourth-order valence-corrected chi connectivity index (χ4v) is 3.86. The van der Waals surface area contributed by atoms with Crippen LogP contribution < -0.4 is 0 Å². The van der Waals surface area contributed by atoms with Gasteiger partial charge in [0.1, 0.15) is 0 Å². The number of hydrogen-bond acceptors (Lipinski definition) is 5. The van der Waals surface area contributed by atoms with E-state index in [0.717, 1.165) is 46.1 Å². The van der Waals surface area contributed by atoms with Gasteiger partial charge in [-0.05, 0) is 50.5 Å². The van der Waals surface area contributed by atoms with Gasteiger partial charge >= 0.3 is 0 Å². The average Bonchev–Trinajstić information content (AvgIpc) is 3.41. The van der Waals surface area contributed by atoms with Crippen molar-refractivity contribution in [1.82, 2.24) is 19.7 Å². The monoisotopic (exact) mass is 364 g/mol. The number of rotatable bonds is 6. The first-order chi connectivity index (χ1) is 12.6. The van der Waals surface area contributed by atoms with Crippen molar-refractivity contribution >= 4 is 17.5 Å². The molecule has 2 aromatic heterocycles. The van der Waals surface area contributed by atoms with Crippen molar-refractivity contribution in [3.63, 3.8) is 0 Å². The minimum absolute atomic E-state index is 0.129. The number of thioether (sulfide) groups is 1. The Labute approximate surface area is 156 Å². The van der Waals surface area contributed by atoms with Gasteiger partial charge in [0.15, 0.2) is 16.8 Å². The number of ketones is 1. The fourth-order valence-electron chi connectivity index (χ4n) is 2.97. The molecular formula is C20H20N4OS. The highest BCUT2D eigenvalue weighted by Gasteiger charge is 2.30. The van der Waals surface area contributed by atoms with E-state index in [4.69, 9.17) is 0 Å². The molecule has 2 heterocycles. The Morgan fingerprint density at radius 2 is 2.08 bits per heavy atom. The minimum atomic E-state index is 0.129. The second kappa shape index (κ2) is 7.03. The maximum absolute atomic E-state index is 12.7. The highest BCUT2D eigenvalue weighted by Crippen LogP contribution is 2.41. The lowest BCUT2D eigenvalue weighted by Gasteiger charge is -2.09. The third kappa shape index (κ3) is 3.42. The van der Waals surface area contributed by atoms with E-state index in [1.54, 1.807) is 12.4 Å². The third-order valence-corrected chi connectivity index (χ3v) is 5.47. The van der Waals surface area contributed by atoms with E-state index in [9.17, 15) is 4.79 Å². The summed E-state index contributed by atoms with van der Waals surface area (Å²) in [5, 5.41) is 9.54. The summed E-state index contributed by atoms with van der Waals surface area (Å²) in [7, 11) is 0. The molecule has 0 saturated heterocycles. The van der Waals surface area contributed by atoms with Gasteiger partial charge in [0, 0.05) is 29.6 Å². The fraction of sp³-hybridized carbons (Fsp3) is 0.300. The van der Waals surface area contributed by atoms with Gasteiger partial charge in [-0.2, -0.15) is 0 Å². The van der Waals surface area contributed by atoms with Gasteiger partial charge in [-0.3, -0.25) is 14.3 Å². The molecule has 1 aromatic carbocycles. The Balaban J connectivity index is 1.56. The molecule has 6 heteroatoms. The first-order valence-corrected chi connectivity index (χ1v) is 9.70. The predicted octanol–water partition coefficient (Wildman–Crippen LogP) is 4.27. The third-order valence-electron chi connectivity index (χ3n) is 4.52. The maximum Gasteiger partial charge on any atom is 0.192 e. The van der Waals surface area contributed by atoms with E-state index in [0.29, 0.717) is 11.8 Å². The van der Waals surface area contributed by atoms with Gasteiger partial charge in [-0.25, -0.2) is 0 Å². The molecule has 4 rings (SSSR count). The zero-order valence-electron chi connectivity index (χ0n) is 14.8. The lowest BCUT2D eigenvalue weighted by molar-refractivity contribution is 0.102. The standard InChI is InChI=1S/C20H20N4OS/c1-13-5-6-14(2)17(10-13)18(25)12-26-20-23-22-19(24(20)16-7-8-16)15-4-3-9-21-11-15/h3-6,9-11,16H,7-8,12H2,1-2H3. The van der Waals surface area contributed by atoms with Gasteiger partial charge in [0.25, 0.3) is 0 Å². The van der Waals surface area contributed by atoms with Crippen LogP contribution in [0.1, 0.15) is 40.4 Å². The highest BCUT2D eigenvalue weighted by atomic mass is 32.2. The first kappa shape index (κ1) is 17.0. The molecule has 0 N–H and O–H groups in total. The summed E-state index contributed by atoms with van der Waals surface area (Å²) in [6, 6.07) is 10.3. The van der Waals surface area contributed by atoms with Crippen LogP contribution in [-0.2, 0) is 0 Å². The van der Waals surface area contributed by atoms with Gasteiger partial charge in [-0.15, -0.1) is 10.2 Å². The van der Waals surface area contributed by atoms with E-state index in [1.807, 2.05) is 44.2 Å². The van der Waals surface area contributed by atoms with Crippen LogP contribution in [0, 0.1) is 13.8 Å². The number of benzene rings is 1. The number of hydrogen-bond donors (Lipinski definition) is 0. The molecule has 0 spiro atoms. The molecule has 0 radical (unpaired) electrons. The number of carbonyl (C=O) groups is 1. The molecule has 0 aliphatic heterocycles. The summed E-state index contributed by atoms with van der Waals surface area (Å²) < 4.78 is 2.16. The number of carbonyl (C=O) groups excluding carboxylic acids is 1. The molecule has 132 valence electrons. The highest BCUT2D eigenvalue weighted by molar-refractivity contribution is 7.99. The largest absolute Gasteiger partial charge is 0.299 e. The van der Waals surface area contributed by atoms with Crippen LogP contribution in [0.2, 0.25) is 0 Å². The molecule has 1 saturated carbocycles. The second-order valence-electron chi connectivity index (χ2n) is 6.68. The summed E-state index contributed by atoms with van der Waals surface area (Å²) in [6.45, 7) is 3.98. The molecule has 26 heavy (non-hydrogen) atoms. The number of aromatic nitrogens is 4. The lowest BCUT2D eigenvalue weighted by atomic mass is 10.0. The predicted molar refractivity (Wildman–Crippen MR) is 102 cm³/mol. The van der Waals surface area contributed by atoms with Crippen molar-refractivity contribution in [2.75, 3.05) is 5.75 Å². The van der Waals surface area contributed by atoms with Gasteiger partial charge in [-0.1, -0.05) is 29.5 Å². The molecule has 3 aromatic rings. The smallest absolute Gasteiger partial charge is 0.192 e. The van der Waals surface area contributed by atoms with Crippen molar-refractivity contribution in [1.29, 1.82) is 0 Å². The van der Waals surface area contributed by atoms with E-state index in [2.05, 4.69) is 19.7 Å². The summed E-state index contributed by atoms with van der Waals surface area (Å²) >= 11 is 1.47. The molecular weight excluding hydrogens is 344 g/mol. The van der Waals surface area contributed by atoms with Crippen molar-refractivity contribution in [3.8, 4) is 11.4 Å². The van der Waals surface area contributed by atoms with E-state index >= 15 is 0 Å². The molecule has 0 atom stereocenters. The van der Waals surface area contributed by atoms with E-state index in [-0.39, 0.29) is 5.78 Å². The number of Topliss-reactive ketones (excluding diaryl/α,β-unsaturated/α-hetero) is 1. The SMILES string of the molecule is Cc1ccc(C)c(C(=O)CSc2nnc(-c3cccnc3)n2C2CC2)c1. The van der Waals surface area contributed by atoms with Crippen molar-refractivity contribution < 1.29 is 4.79 Å². The Morgan fingerprint density at radius 3 is 2.81 bits per heavy atom. The molecule has 1 aliphatic rings. The number of aryl methyl sites for hydroxylation is 2. The molecule has 0 unspecified atom stereocenters. The van der Waals surface area contributed by atoms with Crippen LogP contribution in [0.4, 0.5) is 0 Å². The Morgan fingerprint density at radius 1 is 1.23 bits per heavy atom. The lowest BCUT2D eigenvalue weighted by Crippen LogP contribution is -2.07. The Bertz CT molecular complexity index is 948. The number of pyridine rings is 1. The molecule has 0 bridgehead atoms. The minimum Gasteiger partial charge on any atom is -0.299 e. The van der Waals surface area contributed by atoms with Gasteiger partial charge < -0.3 is 0 Å². The van der Waals surface area contributed by atoms with Crippen LogP contribution in [-0.4, -0.2) is 31.3 Å². The summed E-state index contributed by atoms with van der Waals surface area (Å²) in [6.07, 6.45) is 5.81. The van der Waals surface area contributed by atoms with Crippen molar-refractivity contribution in [2.45, 2.75) is 37.9 Å². The normalized spacial score (nSPS) is 13.8. The quantitative estimate of drug-likeness (QED) is 0.483. The number of nitrogens with zero attached hydrogens (tertiary/aromatic N) is 4. The molecule has 1 fully saturated rings. The van der Waals surface area contributed by atoms with Crippen molar-refractivity contribution in [3.05, 3.63) is 59.4 Å². The zero-order chi connectivity index (χ0) is 18.1. The average molecular weight is 364 g/mol. The van der Waals surface area contributed by atoms with E-state index < -0.39 is 0 Å². The Kier molecular flexibility index (Phi) is 4.59.